The fourth-order valence-electron chi connectivity index (χ4n) is 2.74. The molecule has 1 aliphatic heterocycles. The van der Waals surface area contributed by atoms with Crippen LogP contribution in [0.2, 0.25) is 0 Å². The summed E-state index contributed by atoms with van der Waals surface area (Å²) in [5.74, 6) is 1.64. The van der Waals surface area contributed by atoms with Gasteiger partial charge < -0.3 is 9.64 Å². The normalized spacial score (nSPS) is 16.8. The summed E-state index contributed by atoms with van der Waals surface area (Å²) in [7, 11) is 0. The number of hydrogen-bond acceptors (Lipinski definition) is 3. The lowest BCUT2D eigenvalue weighted by molar-refractivity contribution is -0.117. The molecule has 1 heterocycles. The number of anilines is 1. The van der Waals surface area contributed by atoms with E-state index in [1.54, 1.807) is 4.90 Å². The fourth-order valence-corrected chi connectivity index (χ4v) is 2.74. The van der Waals surface area contributed by atoms with Gasteiger partial charge in [-0.1, -0.05) is 22.8 Å². The van der Waals surface area contributed by atoms with Crippen molar-refractivity contribution in [2.45, 2.75) is 13.3 Å². The van der Waals surface area contributed by atoms with Crippen LogP contribution in [0, 0.1) is 12.8 Å². The molecule has 1 atom stereocenters. The van der Waals surface area contributed by atoms with Crippen LogP contribution in [-0.4, -0.2) is 19.0 Å². The molecule has 1 amide bonds. The van der Waals surface area contributed by atoms with E-state index in [4.69, 9.17) is 10.3 Å². The second-order valence-corrected chi connectivity index (χ2v) is 5.90. The quantitative estimate of drug-likeness (QED) is 0.463. The molecule has 1 aliphatic rings. The number of carbonyl (C=O) groups excluding carboxylic acids is 1. The molecule has 24 heavy (non-hydrogen) atoms. The number of rotatable bonds is 5. The second kappa shape index (κ2) is 7.06. The van der Waals surface area contributed by atoms with Gasteiger partial charge in [-0.15, -0.1) is 0 Å². The summed E-state index contributed by atoms with van der Waals surface area (Å²) in [6, 6.07) is 15.3. The van der Waals surface area contributed by atoms with E-state index in [0.29, 0.717) is 19.5 Å². The van der Waals surface area contributed by atoms with Gasteiger partial charge in [0.2, 0.25) is 5.91 Å². The molecule has 0 aliphatic carbocycles. The first-order chi connectivity index (χ1) is 11.7. The van der Waals surface area contributed by atoms with Crippen LogP contribution in [0.1, 0.15) is 12.0 Å². The predicted octanol–water partition coefficient (Wildman–Crippen LogP) is 4.45. The van der Waals surface area contributed by atoms with Crippen LogP contribution in [0.3, 0.4) is 0 Å². The summed E-state index contributed by atoms with van der Waals surface area (Å²) >= 11 is 0. The van der Waals surface area contributed by atoms with Crippen molar-refractivity contribution < 1.29 is 9.53 Å². The van der Waals surface area contributed by atoms with E-state index in [-0.39, 0.29) is 11.8 Å². The zero-order valence-electron chi connectivity index (χ0n) is 13.4. The van der Waals surface area contributed by atoms with Gasteiger partial charge in [-0.05, 0) is 54.8 Å². The molecule has 2 aromatic rings. The Bertz CT molecular complexity index is 765. The maximum Gasteiger partial charge on any atom is 0.227 e. The van der Waals surface area contributed by atoms with E-state index in [1.165, 1.54) is 5.56 Å². The van der Waals surface area contributed by atoms with E-state index < -0.39 is 0 Å². The van der Waals surface area contributed by atoms with Crippen molar-refractivity contribution >= 4 is 11.6 Å². The molecule has 0 bridgehead atoms. The number of carbonyl (C=O) groups is 1. The predicted molar refractivity (Wildman–Crippen MR) is 92.2 cm³/mol. The fraction of sp³-hybridized carbons (Fsp3) is 0.278. The van der Waals surface area contributed by atoms with Gasteiger partial charge in [0, 0.05) is 30.1 Å². The first kappa shape index (κ1) is 15.9. The minimum atomic E-state index is 0.0559. The zero-order valence-corrected chi connectivity index (χ0v) is 13.4. The number of benzene rings is 2. The summed E-state index contributed by atoms with van der Waals surface area (Å²) in [5.41, 5.74) is 10.4. The van der Waals surface area contributed by atoms with Gasteiger partial charge in [-0.2, -0.15) is 0 Å². The van der Waals surface area contributed by atoms with Crippen molar-refractivity contribution in [2.75, 3.05) is 18.0 Å². The Morgan fingerprint density at radius 1 is 1.17 bits per heavy atom. The molecule has 1 saturated heterocycles. The lowest BCUT2D eigenvalue weighted by Crippen LogP contribution is -2.24. The lowest BCUT2D eigenvalue weighted by atomic mass is 10.1. The minimum absolute atomic E-state index is 0.0559. The molecule has 0 saturated carbocycles. The van der Waals surface area contributed by atoms with Gasteiger partial charge in [0.05, 0.1) is 0 Å². The van der Waals surface area contributed by atoms with Crippen molar-refractivity contribution in [1.82, 2.24) is 0 Å². The first-order valence-corrected chi connectivity index (χ1v) is 7.81. The summed E-state index contributed by atoms with van der Waals surface area (Å²) < 4.78 is 5.79. The molecule has 0 aromatic heterocycles. The van der Waals surface area contributed by atoms with Crippen molar-refractivity contribution in [3.63, 3.8) is 0 Å². The molecule has 0 spiro atoms. The van der Waals surface area contributed by atoms with Crippen molar-refractivity contribution in [1.29, 1.82) is 0 Å². The number of azide groups is 1. The Hall–Kier alpha value is -2.98. The Labute approximate surface area is 140 Å². The Balaban J connectivity index is 1.67. The maximum atomic E-state index is 12.1. The summed E-state index contributed by atoms with van der Waals surface area (Å²) in [4.78, 5) is 16.6. The number of ether oxygens (including phenoxy) is 1. The SMILES string of the molecule is Cc1ccc(Oc2ccc(N3CC(CN=[N+]=[N-])CC3=O)cc2)cc1. The van der Waals surface area contributed by atoms with Crippen molar-refractivity contribution in [3.8, 4) is 11.5 Å². The van der Waals surface area contributed by atoms with E-state index in [0.717, 1.165) is 17.2 Å². The van der Waals surface area contributed by atoms with Crippen LogP contribution in [-0.2, 0) is 4.79 Å². The number of amides is 1. The number of hydrogen-bond donors (Lipinski definition) is 0. The van der Waals surface area contributed by atoms with Crippen molar-refractivity contribution in [3.05, 3.63) is 64.5 Å². The average Bonchev–Trinajstić information content (AvgIpc) is 2.96. The van der Waals surface area contributed by atoms with E-state index in [9.17, 15) is 4.79 Å². The standard InChI is InChI=1S/C18H18N4O2/c1-13-2-6-16(7-3-13)24-17-8-4-15(5-9-17)22-12-14(10-18(22)23)11-20-21-19/h2-9,14H,10-12H2,1H3. The highest BCUT2D eigenvalue weighted by molar-refractivity contribution is 5.95. The van der Waals surface area contributed by atoms with Crippen LogP contribution in [0.4, 0.5) is 5.69 Å². The topological polar surface area (TPSA) is 78.3 Å². The highest BCUT2D eigenvalue weighted by atomic mass is 16.5. The van der Waals surface area contributed by atoms with Gasteiger partial charge in [-0.25, -0.2) is 0 Å². The minimum Gasteiger partial charge on any atom is -0.457 e. The van der Waals surface area contributed by atoms with Gasteiger partial charge in [0.25, 0.3) is 0 Å². The van der Waals surface area contributed by atoms with Crippen LogP contribution >= 0.6 is 0 Å². The Kier molecular flexibility index (Phi) is 4.68. The monoisotopic (exact) mass is 322 g/mol. The summed E-state index contributed by atoms with van der Waals surface area (Å²) in [6.07, 6.45) is 0.417. The molecule has 3 rings (SSSR count). The van der Waals surface area contributed by atoms with E-state index in [1.807, 2.05) is 55.5 Å². The molecule has 0 radical (unpaired) electrons. The Morgan fingerprint density at radius 2 is 1.79 bits per heavy atom. The smallest absolute Gasteiger partial charge is 0.227 e. The van der Waals surface area contributed by atoms with Crippen LogP contribution < -0.4 is 9.64 Å². The molecule has 1 fully saturated rings. The van der Waals surface area contributed by atoms with Gasteiger partial charge in [0.1, 0.15) is 11.5 Å². The van der Waals surface area contributed by atoms with Gasteiger partial charge >= 0.3 is 0 Å². The van der Waals surface area contributed by atoms with Crippen LogP contribution in [0.15, 0.2) is 53.6 Å². The molecular formula is C18H18N4O2. The lowest BCUT2D eigenvalue weighted by Gasteiger charge is -2.17. The van der Waals surface area contributed by atoms with E-state index >= 15 is 0 Å². The van der Waals surface area contributed by atoms with Crippen molar-refractivity contribution in [2.24, 2.45) is 11.0 Å². The maximum absolute atomic E-state index is 12.1. The Morgan fingerprint density at radius 3 is 2.42 bits per heavy atom. The molecule has 6 nitrogen and oxygen atoms in total. The highest BCUT2D eigenvalue weighted by Crippen LogP contribution is 2.28. The molecule has 0 N–H and O–H groups in total. The third kappa shape index (κ3) is 3.67. The second-order valence-electron chi connectivity index (χ2n) is 5.90. The molecule has 6 heteroatoms. The molecule has 122 valence electrons. The largest absolute Gasteiger partial charge is 0.457 e. The first-order valence-electron chi connectivity index (χ1n) is 7.81. The highest BCUT2D eigenvalue weighted by Gasteiger charge is 2.29. The summed E-state index contributed by atoms with van der Waals surface area (Å²) in [6.45, 7) is 2.96. The van der Waals surface area contributed by atoms with Crippen LogP contribution in [0.5, 0.6) is 11.5 Å². The van der Waals surface area contributed by atoms with E-state index in [2.05, 4.69) is 10.0 Å². The number of aryl methyl sites for hydroxylation is 1. The summed E-state index contributed by atoms with van der Waals surface area (Å²) in [5, 5.41) is 3.57. The molecular weight excluding hydrogens is 304 g/mol. The third-order valence-corrected chi connectivity index (χ3v) is 4.01. The number of nitrogens with zero attached hydrogens (tertiary/aromatic N) is 4. The van der Waals surface area contributed by atoms with Crippen LogP contribution in [0.25, 0.3) is 10.4 Å². The zero-order chi connectivity index (χ0) is 16.9. The third-order valence-electron chi connectivity index (χ3n) is 4.01. The molecule has 1 unspecified atom stereocenters. The molecule has 2 aromatic carbocycles. The van der Waals surface area contributed by atoms with Gasteiger partial charge in [-0.3, -0.25) is 4.79 Å². The van der Waals surface area contributed by atoms with Gasteiger partial charge in [0.15, 0.2) is 0 Å². The average molecular weight is 322 g/mol.